The number of aryl methyl sites for hydroxylation is 1. The highest BCUT2D eigenvalue weighted by molar-refractivity contribution is 6.74. The lowest BCUT2D eigenvalue weighted by atomic mass is 9.47. The molecule has 0 spiro atoms. The molecule has 0 amide bonds. The molecule has 4 heteroatoms. The molecule has 0 saturated heterocycles. The molecular formula is C39H59O2Si2. The smallest absolute Gasteiger partial charge is 0.274 e. The van der Waals surface area contributed by atoms with Crippen LogP contribution in [0.1, 0.15) is 109 Å². The molecule has 4 fully saturated rings. The highest BCUT2D eigenvalue weighted by atomic mass is 28.4. The molecule has 2 aromatic rings. The number of allylic oxidation sites excluding steroid dienone is 1. The molecule has 0 atom stereocenters. The van der Waals surface area contributed by atoms with Crippen LogP contribution in [0.15, 0.2) is 48.5 Å². The summed E-state index contributed by atoms with van der Waals surface area (Å²) < 4.78 is 13.8. The number of benzene rings is 2. The van der Waals surface area contributed by atoms with Gasteiger partial charge in [0.05, 0.1) is 6.61 Å². The highest BCUT2D eigenvalue weighted by Crippen LogP contribution is 2.63. The molecule has 0 heterocycles. The maximum atomic E-state index is 7.04. The van der Waals surface area contributed by atoms with Crippen LogP contribution >= 0.6 is 0 Å². The number of hydrogen-bond acceptors (Lipinski definition) is 2. The third-order valence-electron chi connectivity index (χ3n) is 11.3. The molecule has 2 aromatic carbocycles. The summed E-state index contributed by atoms with van der Waals surface area (Å²) in [7, 11) is -2.77. The SMILES string of the molecule is C[Si](C)Oc1c(CC/C=C(/CO[Si](C)(C)C(C)(C)C)c2ccccc2)ccc(C(C)(C)C)c1C12CC3CC(CC(C3)C1)C2. The lowest BCUT2D eigenvalue weighted by Gasteiger charge is -2.58. The Morgan fingerprint density at radius 3 is 1.98 bits per heavy atom. The third-order valence-corrected chi connectivity index (χ3v) is 16.4. The van der Waals surface area contributed by atoms with Gasteiger partial charge < -0.3 is 8.85 Å². The van der Waals surface area contributed by atoms with Crippen molar-refractivity contribution < 1.29 is 8.85 Å². The molecule has 0 aliphatic heterocycles. The second-order valence-corrected chi connectivity index (χ2v) is 23.9. The number of hydrogen-bond donors (Lipinski definition) is 0. The van der Waals surface area contributed by atoms with E-state index in [1.165, 1.54) is 61.0 Å². The molecule has 0 N–H and O–H groups in total. The van der Waals surface area contributed by atoms with Crippen molar-refractivity contribution in [3.05, 3.63) is 70.8 Å². The highest BCUT2D eigenvalue weighted by Gasteiger charge is 2.54. The van der Waals surface area contributed by atoms with Gasteiger partial charge in [0.2, 0.25) is 0 Å². The van der Waals surface area contributed by atoms with Crippen molar-refractivity contribution in [3.8, 4) is 5.75 Å². The van der Waals surface area contributed by atoms with Gasteiger partial charge in [-0.1, -0.05) is 90.1 Å². The molecule has 0 unspecified atom stereocenters. The molecular weight excluding hydrogens is 557 g/mol. The normalized spacial score (nSPS) is 25.9. The Morgan fingerprint density at radius 2 is 1.47 bits per heavy atom. The van der Waals surface area contributed by atoms with Crippen LogP contribution in [0.3, 0.4) is 0 Å². The molecule has 1 radical (unpaired) electrons. The first-order valence-electron chi connectivity index (χ1n) is 17.1. The van der Waals surface area contributed by atoms with Crippen LogP contribution in [-0.2, 0) is 21.7 Å². The zero-order valence-electron chi connectivity index (χ0n) is 29.0. The predicted octanol–water partition coefficient (Wildman–Crippen LogP) is 11.1. The van der Waals surface area contributed by atoms with Gasteiger partial charge in [-0.05, 0) is 128 Å². The summed E-state index contributed by atoms with van der Waals surface area (Å²) >= 11 is 0. The average molecular weight is 616 g/mol. The zero-order chi connectivity index (χ0) is 31.2. The quantitative estimate of drug-likeness (QED) is 0.248. The minimum atomic E-state index is -1.85. The third kappa shape index (κ3) is 7.12. The monoisotopic (exact) mass is 615 g/mol. The van der Waals surface area contributed by atoms with E-state index in [0.717, 1.165) is 30.6 Å². The lowest BCUT2D eigenvalue weighted by Crippen LogP contribution is -2.49. The van der Waals surface area contributed by atoms with Gasteiger partial charge in [-0.2, -0.15) is 0 Å². The van der Waals surface area contributed by atoms with Gasteiger partial charge in [-0.3, -0.25) is 0 Å². The Balaban J connectivity index is 1.50. The molecule has 4 bridgehead atoms. The Kier molecular flexibility index (Phi) is 9.36. The van der Waals surface area contributed by atoms with Gasteiger partial charge in [0.25, 0.3) is 9.04 Å². The largest absolute Gasteiger partial charge is 0.542 e. The fourth-order valence-corrected chi connectivity index (χ4v) is 10.1. The first-order chi connectivity index (χ1) is 20.1. The Labute approximate surface area is 266 Å². The summed E-state index contributed by atoms with van der Waals surface area (Å²) in [6.45, 7) is 24.2. The second kappa shape index (κ2) is 12.3. The van der Waals surface area contributed by atoms with E-state index in [4.69, 9.17) is 8.85 Å². The van der Waals surface area contributed by atoms with E-state index in [2.05, 4.69) is 116 Å². The van der Waals surface area contributed by atoms with Crippen LogP contribution in [-0.4, -0.2) is 24.0 Å². The van der Waals surface area contributed by atoms with Crippen molar-refractivity contribution in [2.24, 2.45) is 17.8 Å². The summed E-state index contributed by atoms with van der Waals surface area (Å²) in [5.41, 5.74) is 7.58. The molecule has 43 heavy (non-hydrogen) atoms. The Hall–Kier alpha value is -1.63. The topological polar surface area (TPSA) is 18.5 Å². The van der Waals surface area contributed by atoms with Gasteiger partial charge in [-0.15, -0.1) is 0 Å². The second-order valence-electron chi connectivity index (χ2n) is 17.1. The molecule has 235 valence electrons. The van der Waals surface area contributed by atoms with E-state index in [1.54, 1.807) is 11.1 Å². The maximum absolute atomic E-state index is 7.04. The van der Waals surface area contributed by atoms with E-state index in [9.17, 15) is 0 Å². The fourth-order valence-electron chi connectivity index (χ4n) is 8.50. The first-order valence-corrected chi connectivity index (χ1v) is 22.4. The van der Waals surface area contributed by atoms with Crippen LogP contribution in [0, 0.1) is 17.8 Å². The van der Waals surface area contributed by atoms with Crippen LogP contribution in [0.2, 0.25) is 31.2 Å². The molecule has 2 nitrogen and oxygen atoms in total. The summed E-state index contributed by atoms with van der Waals surface area (Å²) in [4.78, 5) is 0. The lowest BCUT2D eigenvalue weighted by molar-refractivity contribution is -0.00662. The van der Waals surface area contributed by atoms with Crippen LogP contribution in [0.25, 0.3) is 5.57 Å². The standard InChI is InChI=1S/C39H59O2Si2/c1-37(2,3)34-20-19-32(17-14-18-33(31-15-12-11-13-16-31)27-40-43(9,10)38(4,5)6)36(41-42(7)8)35(34)39-24-28-21-29(25-39)23-30(22-28)26-39/h11-13,15-16,18-20,28-30H,14,17,21-27H2,1-10H3/b33-18-. The summed E-state index contributed by atoms with van der Waals surface area (Å²) in [6, 6.07) is 15.8. The van der Waals surface area contributed by atoms with Crippen molar-refractivity contribution in [2.45, 2.75) is 135 Å². The van der Waals surface area contributed by atoms with Gasteiger partial charge in [0.1, 0.15) is 5.75 Å². The van der Waals surface area contributed by atoms with E-state index in [0.29, 0.717) is 12.0 Å². The minimum Gasteiger partial charge on any atom is -0.542 e. The van der Waals surface area contributed by atoms with E-state index in [1.807, 2.05) is 0 Å². The molecule has 4 aliphatic carbocycles. The molecule has 6 rings (SSSR count). The molecule has 0 aromatic heterocycles. The Bertz CT molecular complexity index is 1260. The van der Waals surface area contributed by atoms with E-state index >= 15 is 0 Å². The van der Waals surface area contributed by atoms with Gasteiger partial charge in [-0.25, -0.2) is 0 Å². The zero-order valence-corrected chi connectivity index (χ0v) is 31.0. The van der Waals surface area contributed by atoms with Crippen LogP contribution < -0.4 is 4.43 Å². The average Bonchev–Trinajstić information content (AvgIpc) is 2.89. The van der Waals surface area contributed by atoms with Crippen molar-refractivity contribution >= 4 is 22.9 Å². The van der Waals surface area contributed by atoms with Crippen molar-refractivity contribution in [1.82, 2.24) is 0 Å². The maximum Gasteiger partial charge on any atom is 0.274 e. The Morgan fingerprint density at radius 1 is 0.884 bits per heavy atom. The van der Waals surface area contributed by atoms with Crippen LogP contribution in [0.4, 0.5) is 0 Å². The first kappa shape index (κ1) is 32.8. The fraction of sp³-hybridized carbons (Fsp3) is 0.641. The van der Waals surface area contributed by atoms with E-state index in [-0.39, 0.29) is 10.5 Å². The van der Waals surface area contributed by atoms with Crippen LogP contribution in [0.5, 0.6) is 5.75 Å². The van der Waals surface area contributed by atoms with Gasteiger partial charge in [0.15, 0.2) is 8.32 Å². The van der Waals surface area contributed by atoms with Crippen molar-refractivity contribution in [3.63, 3.8) is 0 Å². The summed E-state index contributed by atoms with van der Waals surface area (Å²) in [6.07, 6.45) is 13.0. The van der Waals surface area contributed by atoms with Gasteiger partial charge in [0, 0.05) is 11.0 Å². The van der Waals surface area contributed by atoms with Gasteiger partial charge >= 0.3 is 0 Å². The number of rotatable bonds is 10. The molecule has 4 saturated carbocycles. The van der Waals surface area contributed by atoms with E-state index < -0.39 is 17.4 Å². The predicted molar refractivity (Wildman–Crippen MR) is 189 cm³/mol. The molecule has 4 aliphatic rings. The summed E-state index contributed by atoms with van der Waals surface area (Å²) in [5, 5.41) is 0.198. The summed E-state index contributed by atoms with van der Waals surface area (Å²) in [5.74, 6) is 4.03. The van der Waals surface area contributed by atoms with Crippen molar-refractivity contribution in [1.29, 1.82) is 0 Å². The van der Waals surface area contributed by atoms with Crippen molar-refractivity contribution in [2.75, 3.05) is 6.61 Å². The minimum absolute atomic E-state index is 0.102.